The summed E-state index contributed by atoms with van der Waals surface area (Å²) in [6.07, 6.45) is 3.66. The SMILES string of the molecule is CCCCCSc1ccccc1C(=O)OC. The second-order valence-electron chi connectivity index (χ2n) is 3.54. The van der Waals surface area contributed by atoms with Gasteiger partial charge in [-0.15, -0.1) is 11.8 Å². The van der Waals surface area contributed by atoms with Crippen LogP contribution in [0.25, 0.3) is 0 Å². The number of unbranched alkanes of at least 4 members (excludes halogenated alkanes) is 2. The first-order valence-electron chi connectivity index (χ1n) is 5.59. The van der Waals surface area contributed by atoms with E-state index in [1.807, 2.05) is 24.3 Å². The summed E-state index contributed by atoms with van der Waals surface area (Å²) in [7, 11) is 1.42. The smallest absolute Gasteiger partial charge is 0.338 e. The maximum atomic E-state index is 11.5. The van der Waals surface area contributed by atoms with Crippen molar-refractivity contribution in [2.75, 3.05) is 12.9 Å². The molecule has 1 aromatic rings. The highest BCUT2D eigenvalue weighted by atomic mass is 32.2. The van der Waals surface area contributed by atoms with Crippen LogP contribution in [0, 0.1) is 0 Å². The summed E-state index contributed by atoms with van der Waals surface area (Å²) in [5, 5.41) is 0. The molecule has 88 valence electrons. The van der Waals surface area contributed by atoms with Gasteiger partial charge < -0.3 is 4.74 Å². The van der Waals surface area contributed by atoms with E-state index >= 15 is 0 Å². The van der Waals surface area contributed by atoms with Gasteiger partial charge in [0.15, 0.2) is 0 Å². The van der Waals surface area contributed by atoms with Gasteiger partial charge in [-0.05, 0) is 24.3 Å². The molecule has 0 fully saturated rings. The van der Waals surface area contributed by atoms with Crippen molar-refractivity contribution < 1.29 is 9.53 Å². The molecule has 0 atom stereocenters. The average Bonchev–Trinajstić information content (AvgIpc) is 2.34. The molecule has 3 heteroatoms. The van der Waals surface area contributed by atoms with Gasteiger partial charge in [-0.3, -0.25) is 0 Å². The number of carbonyl (C=O) groups excluding carboxylic acids is 1. The van der Waals surface area contributed by atoms with Crippen LogP contribution in [0.15, 0.2) is 29.2 Å². The Bertz CT molecular complexity index is 336. The van der Waals surface area contributed by atoms with E-state index in [2.05, 4.69) is 6.92 Å². The normalized spacial score (nSPS) is 10.1. The number of esters is 1. The van der Waals surface area contributed by atoms with Gasteiger partial charge in [-0.25, -0.2) is 4.79 Å². The Balaban J connectivity index is 2.60. The van der Waals surface area contributed by atoms with Crippen molar-refractivity contribution in [3.05, 3.63) is 29.8 Å². The van der Waals surface area contributed by atoms with Gasteiger partial charge in [0.2, 0.25) is 0 Å². The van der Waals surface area contributed by atoms with Gasteiger partial charge in [0.25, 0.3) is 0 Å². The van der Waals surface area contributed by atoms with Gasteiger partial charge in [0.05, 0.1) is 12.7 Å². The van der Waals surface area contributed by atoms with E-state index < -0.39 is 0 Å². The van der Waals surface area contributed by atoms with E-state index in [9.17, 15) is 4.79 Å². The lowest BCUT2D eigenvalue weighted by atomic mass is 10.2. The number of hydrogen-bond donors (Lipinski definition) is 0. The molecule has 0 amide bonds. The van der Waals surface area contributed by atoms with E-state index in [0.717, 1.165) is 10.6 Å². The van der Waals surface area contributed by atoms with Gasteiger partial charge in [-0.1, -0.05) is 31.9 Å². The van der Waals surface area contributed by atoms with Gasteiger partial charge in [0, 0.05) is 4.90 Å². The van der Waals surface area contributed by atoms with Crippen molar-refractivity contribution in [3.8, 4) is 0 Å². The summed E-state index contributed by atoms with van der Waals surface area (Å²) >= 11 is 1.73. The lowest BCUT2D eigenvalue weighted by Gasteiger charge is -2.06. The largest absolute Gasteiger partial charge is 0.465 e. The summed E-state index contributed by atoms with van der Waals surface area (Å²) < 4.78 is 4.75. The number of benzene rings is 1. The Labute approximate surface area is 101 Å². The fourth-order valence-electron chi connectivity index (χ4n) is 1.41. The average molecular weight is 238 g/mol. The predicted molar refractivity (Wildman–Crippen MR) is 68.0 cm³/mol. The summed E-state index contributed by atoms with van der Waals surface area (Å²) in [4.78, 5) is 12.5. The van der Waals surface area contributed by atoms with Crippen molar-refractivity contribution >= 4 is 17.7 Å². The van der Waals surface area contributed by atoms with E-state index in [1.165, 1.54) is 26.4 Å². The number of carbonyl (C=O) groups is 1. The van der Waals surface area contributed by atoms with Crippen LogP contribution in [-0.2, 0) is 4.74 Å². The summed E-state index contributed by atoms with van der Waals surface area (Å²) in [6, 6.07) is 7.60. The second-order valence-corrected chi connectivity index (χ2v) is 4.68. The van der Waals surface area contributed by atoms with Crippen LogP contribution in [0.2, 0.25) is 0 Å². The number of ether oxygens (including phenoxy) is 1. The van der Waals surface area contributed by atoms with Crippen molar-refractivity contribution in [2.45, 2.75) is 31.1 Å². The first-order chi connectivity index (χ1) is 7.79. The van der Waals surface area contributed by atoms with E-state index in [1.54, 1.807) is 11.8 Å². The summed E-state index contributed by atoms with van der Waals surface area (Å²) in [6.45, 7) is 2.19. The highest BCUT2D eigenvalue weighted by molar-refractivity contribution is 7.99. The minimum absolute atomic E-state index is 0.251. The first-order valence-corrected chi connectivity index (χ1v) is 6.58. The third-order valence-electron chi connectivity index (χ3n) is 2.30. The molecule has 1 rings (SSSR count). The predicted octanol–water partition coefficient (Wildman–Crippen LogP) is 3.76. The molecular weight excluding hydrogens is 220 g/mol. The third kappa shape index (κ3) is 3.89. The fraction of sp³-hybridized carbons (Fsp3) is 0.462. The van der Waals surface area contributed by atoms with E-state index in [0.29, 0.717) is 5.56 Å². The minimum Gasteiger partial charge on any atom is -0.465 e. The summed E-state index contributed by atoms with van der Waals surface area (Å²) in [5.74, 6) is 0.806. The monoisotopic (exact) mass is 238 g/mol. The van der Waals surface area contributed by atoms with Crippen molar-refractivity contribution in [1.29, 1.82) is 0 Å². The number of rotatable bonds is 6. The number of thioether (sulfide) groups is 1. The molecule has 0 bridgehead atoms. The molecule has 0 aliphatic heterocycles. The van der Waals surface area contributed by atoms with Crippen molar-refractivity contribution in [1.82, 2.24) is 0 Å². The van der Waals surface area contributed by atoms with Crippen molar-refractivity contribution in [2.24, 2.45) is 0 Å². The van der Waals surface area contributed by atoms with E-state index in [4.69, 9.17) is 4.74 Å². The number of hydrogen-bond acceptors (Lipinski definition) is 3. The lowest BCUT2D eigenvalue weighted by Crippen LogP contribution is -2.02. The van der Waals surface area contributed by atoms with Gasteiger partial charge in [-0.2, -0.15) is 0 Å². The molecule has 0 radical (unpaired) electrons. The molecule has 16 heavy (non-hydrogen) atoms. The molecule has 0 spiro atoms. The maximum Gasteiger partial charge on any atom is 0.338 e. The summed E-state index contributed by atoms with van der Waals surface area (Å²) in [5.41, 5.74) is 0.673. The van der Waals surface area contributed by atoms with Crippen LogP contribution in [0.1, 0.15) is 36.5 Å². The van der Waals surface area contributed by atoms with Crippen LogP contribution >= 0.6 is 11.8 Å². The quantitative estimate of drug-likeness (QED) is 0.429. The standard InChI is InChI=1S/C13H18O2S/c1-3-4-7-10-16-12-9-6-5-8-11(12)13(14)15-2/h5-6,8-9H,3-4,7,10H2,1-2H3. The van der Waals surface area contributed by atoms with Crippen molar-refractivity contribution in [3.63, 3.8) is 0 Å². The van der Waals surface area contributed by atoms with Gasteiger partial charge >= 0.3 is 5.97 Å². The Morgan fingerprint density at radius 1 is 1.31 bits per heavy atom. The molecular formula is C13H18O2S. The fourth-order valence-corrected chi connectivity index (χ4v) is 2.46. The first kappa shape index (κ1) is 13.1. The molecule has 2 nitrogen and oxygen atoms in total. The van der Waals surface area contributed by atoms with E-state index in [-0.39, 0.29) is 5.97 Å². The van der Waals surface area contributed by atoms with Crippen LogP contribution in [-0.4, -0.2) is 18.8 Å². The highest BCUT2D eigenvalue weighted by Gasteiger charge is 2.10. The zero-order chi connectivity index (χ0) is 11.8. The lowest BCUT2D eigenvalue weighted by molar-refractivity contribution is 0.0597. The molecule has 0 saturated heterocycles. The van der Waals surface area contributed by atoms with Crippen LogP contribution in [0.4, 0.5) is 0 Å². The van der Waals surface area contributed by atoms with Gasteiger partial charge in [0.1, 0.15) is 0 Å². The van der Waals surface area contributed by atoms with Crippen LogP contribution < -0.4 is 0 Å². The Hall–Kier alpha value is -0.960. The molecule has 0 unspecified atom stereocenters. The second kappa shape index (κ2) is 7.34. The Kier molecular flexibility index (Phi) is 6.01. The van der Waals surface area contributed by atoms with Crippen LogP contribution in [0.3, 0.4) is 0 Å². The highest BCUT2D eigenvalue weighted by Crippen LogP contribution is 2.24. The molecule has 1 aromatic carbocycles. The Morgan fingerprint density at radius 2 is 2.06 bits per heavy atom. The zero-order valence-electron chi connectivity index (χ0n) is 9.86. The maximum absolute atomic E-state index is 11.5. The molecule has 0 aromatic heterocycles. The van der Waals surface area contributed by atoms with Crippen LogP contribution in [0.5, 0.6) is 0 Å². The molecule has 0 aliphatic carbocycles. The third-order valence-corrected chi connectivity index (χ3v) is 3.46. The topological polar surface area (TPSA) is 26.3 Å². The molecule has 0 saturated carbocycles. The molecule has 0 N–H and O–H groups in total. The number of methoxy groups -OCH3 is 1. The minimum atomic E-state index is -0.251. The zero-order valence-corrected chi connectivity index (χ0v) is 10.7. The Morgan fingerprint density at radius 3 is 2.75 bits per heavy atom. The molecule has 0 aliphatic rings. The molecule has 0 heterocycles.